The summed E-state index contributed by atoms with van der Waals surface area (Å²) in [6.07, 6.45) is 6.43. The van der Waals surface area contributed by atoms with E-state index in [1.807, 2.05) is 5.20 Å². The van der Waals surface area contributed by atoms with Crippen LogP contribution >= 0.6 is 0 Å². The molecule has 0 atom stereocenters. The Labute approximate surface area is 168 Å². The van der Waals surface area contributed by atoms with E-state index in [1.165, 1.54) is 32.1 Å². The van der Waals surface area contributed by atoms with Crippen molar-refractivity contribution in [3.8, 4) is 0 Å². The molecule has 2 rings (SSSR count). The molecular formula is C17H23Cl3SiTi. The second kappa shape index (κ2) is 12.9. The molecule has 0 aromatic heterocycles. The first-order chi connectivity index (χ1) is 9.26. The third-order valence-corrected chi connectivity index (χ3v) is 6.83. The summed E-state index contributed by atoms with van der Waals surface area (Å²) in [5.41, 5.74) is 3.45. The molecule has 1 aromatic carbocycles. The maximum atomic E-state index is 2.36. The zero-order valence-corrected chi connectivity index (χ0v) is 18.5. The van der Waals surface area contributed by atoms with Gasteiger partial charge in [0.05, 0.1) is 0 Å². The monoisotopic (exact) mass is 408 g/mol. The first-order valence-corrected chi connectivity index (χ1v) is 9.64. The molecule has 5 heteroatoms. The first kappa shape index (κ1) is 24.7. The van der Waals surface area contributed by atoms with Crippen LogP contribution in [0.4, 0.5) is 0 Å². The number of halogens is 3. The van der Waals surface area contributed by atoms with Gasteiger partial charge in [-0.05, 0) is 0 Å². The van der Waals surface area contributed by atoms with Crippen molar-refractivity contribution in [2.24, 2.45) is 0 Å². The van der Waals surface area contributed by atoms with E-state index >= 15 is 0 Å². The van der Waals surface area contributed by atoms with Gasteiger partial charge in [-0.3, -0.25) is 0 Å². The normalized spacial score (nSPS) is 14.0. The van der Waals surface area contributed by atoms with Crippen LogP contribution in [-0.2, 0) is 20.4 Å². The molecule has 0 saturated carbocycles. The van der Waals surface area contributed by atoms with Crippen molar-refractivity contribution in [1.82, 2.24) is 0 Å². The molecule has 0 fully saturated rings. The first-order valence-electron chi connectivity index (χ1n) is 7.45. The van der Waals surface area contributed by atoms with E-state index in [9.17, 15) is 0 Å². The van der Waals surface area contributed by atoms with Gasteiger partial charge in [0.1, 0.15) is 0 Å². The zero-order valence-electron chi connectivity index (χ0n) is 13.3. The molecule has 1 aliphatic carbocycles. The maximum Gasteiger partial charge on any atom is -1.00 e. The largest absolute Gasteiger partial charge is 1.00 e. The third-order valence-electron chi connectivity index (χ3n) is 3.82. The minimum Gasteiger partial charge on any atom is -1.00 e. The van der Waals surface area contributed by atoms with Crippen LogP contribution in [0.25, 0.3) is 0 Å². The molecule has 1 aromatic rings. The van der Waals surface area contributed by atoms with Gasteiger partial charge in [-0.1, -0.05) is 0 Å². The van der Waals surface area contributed by atoms with Crippen LogP contribution in [-0.4, -0.2) is 9.52 Å². The molecule has 1 aliphatic rings. The fraction of sp³-hybridized carbons (Fsp3) is 0.412. The van der Waals surface area contributed by atoms with Gasteiger partial charge in [0.15, 0.2) is 0 Å². The van der Waals surface area contributed by atoms with E-state index in [4.69, 9.17) is 0 Å². The smallest absolute Gasteiger partial charge is 1.00 e. The van der Waals surface area contributed by atoms with Gasteiger partial charge in [-0.15, -0.1) is 0 Å². The number of benzene rings is 1. The molecule has 0 aliphatic heterocycles. The summed E-state index contributed by atoms with van der Waals surface area (Å²) >= 11 is 2.36. The summed E-state index contributed by atoms with van der Waals surface area (Å²) in [6, 6.07) is 11.1. The van der Waals surface area contributed by atoms with Crippen molar-refractivity contribution < 1.29 is 57.7 Å². The molecule has 0 saturated heterocycles. The van der Waals surface area contributed by atoms with Crippen LogP contribution in [0.1, 0.15) is 46.0 Å². The van der Waals surface area contributed by atoms with Crippen molar-refractivity contribution in [3.63, 3.8) is 0 Å². The molecule has 0 spiro atoms. The van der Waals surface area contributed by atoms with Crippen LogP contribution in [0.15, 0.2) is 50.6 Å². The number of hydrogen-bond donors (Lipinski definition) is 0. The Balaban J connectivity index is 0. The maximum absolute atomic E-state index is 2.36. The fourth-order valence-corrected chi connectivity index (χ4v) is 6.00. The minimum atomic E-state index is -0.245. The molecule has 0 nitrogen and oxygen atoms in total. The quantitative estimate of drug-likeness (QED) is 0.412. The Bertz CT molecular complexity index is 498. The van der Waals surface area contributed by atoms with E-state index in [-0.39, 0.29) is 46.7 Å². The second-order valence-electron chi connectivity index (χ2n) is 5.40. The molecule has 0 N–H and O–H groups in total. The molecule has 0 unspecified atom stereocenters. The Morgan fingerprint density at radius 1 is 0.955 bits per heavy atom. The van der Waals surface area contributed by atoms with Gasteiger partial charge in [0.25, 0.3) is 0 Å². The topological polar surface area (TPSA) is 0 Å². The summed E-state index contributed by atoms with van der Waals surface area (Å²) < 4.78 is 1.64. The standard InChI is InChI=1S/C17H23Si.3ClH.Ti/c1-3-8-14-12-15(9-4-2)17(13-14)18-16-10-6-5-7-11-16;;;;/h5-7,10-11H,3-4,8-9,13,18H2,1-2H3;3*1H;/q;;;;+3/p-3. The van der Waals surface area contributed by atoms with Crippen LogP contribution in [0, 0.1) is 0 Å². The van der Waals surface area contributed by atoms with E-state index in [0.717, 1.165) is 0 Å². The van der Waals surface area contributed by atoms with Gasteiger partial charge in [-0.2, -0.15) is 0 Å². The van der Waals surface area contributed by atoms with Crippen LogP contribution in [0.2, 0.25) is 0 Å². The van der Waals surface area contributed by atoms with Gasteiger partial charge in [0, 0.05) is 0 Å². The van der Waals surface area contributed by atoms with Crippen molar-refractivity contribution in [2.75, 3.05) is 0 Å². The summed E-state index contributed by atoms with van der Waals surface area (Å²) in [6.45, 7) is 4.60. The van der Waals surface area contributed by atoms with Crippen LogP contribution < -0.4 is 42.4 Å². The van der Waals surface area contributed by atoms with Crippen molar-refractivity contribution in [2.45, 2.75) is 46.0 Å². The van der Waals surface area contributed by atoms with E-state index in [2.05, 4.69) is 64.6 Å². The Morgan fingerprint density at radius 2 is 1.55 bits per heavy atom. The summed E-state index contributed by atoms with van der Waals surface area (Å²) in [5.74, 6) is 0. The molecular weight excluding hydrogens is 386 g/mol. The molecule has 0 bridgehead atoms. The molecule has 0 radical (unpaired) electrons. The van der Waals surface area contributed by atoms with Crippen molar-refractivity contribution in [1.29, 1.82) is 0 Å². The van der Waals surface area contributed by atoms with Gasteiger partial charge < -0.3 is 37.2 Å². The average Bonchev–Trinajstić information content (AvgIpc) is 2.70. The molecule has 22 heavy (non-hydrogen) atoms. The van der Waals surface area contributed by atoms with Crippen molar-refractivity contribution in [3.05, 3.63) is 50.6 Å². The van der Waals surface area contributed by atoms with E-state index < -0.39 is 0 Å². The summed E-state index contributed by atoms with van der Waals surface area (Å²) in [7, 11) is -0.245. The second-order valence-corrected chi connectivity index (χ2v) is 8.20. The van der Waals surface area contributed by atoms with Gasteiger partial charge >= 0.3 is 132 Å². The predicted molar refractivity (Wildman–Crippen MR) is 83.1 cm³/mol. The van der Waals surface area contributed by atoms with E-state index in [1.54, 1.807) is 20.2 Å². The van der Waals surface area contributed by atoms with E-state index in [0.29, 0.717) is 0 Å². The SMILES string of the molecule is CCCC1=[C]([Ti+3])C(CCC)=C([SiH2]c2ccccc2)C1.[Cl-].[Cl-].[Cl-]. The average molecular weight is 410 g/mol. The van der Waals surface area contributed by atoms with Crippen molar-refractivity contribution >= 4 is 14.7 Å². The Kier molecular flexibility index (Phi) is 14.5. The molecule has 0 amide bonds. The minimum absolute atomic E-state index is 0. The van der Waals surface area contributed by atoms with Gasteiger partial charge in [-0.25, -0.2) is 0 Å². The fourth-order valence-electron chi connectivity index (χ4n) is 2.92. The Hall–Kier alpha value is 0.501. The van der Waals surface area contributed by atoms with Crippen LogP contribution in [0.3, 0.4) is 0 Å². The third kappa shape index (κ3) is 6.55. The predicted octanol–water partition coefficient (Wildman–Crippen LogP) is -5.45. The Morgan fingerprint density at radius 3 is 2.09 bits per heavy atom. The van der Waals surface area contributed by atoms with Crippen LogP contribution in [0.5, 0.6) is 0 Å². The van der Waals surface area contributed by atoms with Gasteiger partial charge in [0.2, 0.25) is 0 Å². The number of allylic oxidation sites excluding steroid dienone is 4. The zero-order chi connectivity index (χ0) is 13.7. The summed E-state index contributed by atoms with van der Waals surface area (Å²) in [5, 5.41) is 3.41. The molecule has 120 valence electrons. The summed E-state index contributed by atoms with van der Waals surface area (Å²) in [4.78, 5) is 0. The molecule has 0 heterocycles. The number of hydrogen-bond acceptors (Lipinski definition) is 0. The number of rotatable bonds is 6.